The number of aromatic nitrogens is 2. The van der Waals surface area contributed by atoms with E-state index in [0.29, 0.717) is 0 Å². The van der Waals surface area contributed by atoms with E-state index in [1.807, 2.05) is 26.2 Å². The average Bonchev–Trinajstić information content (AvgIpc) is 2.88. The van der Waals surface area contributed by atoms with Gasteiger partial charge in [-0.1, -0.05) is 13.8 Å². The summed E-state index contributed by atoms with van der Waals surface area (Å²) < 4.78 is 25.9. The van der Waals surface area contributed by atoms with Crippen molar-refractivity contribution in [1.29, 1.82) is 0 Å². The van der Waals surface area contributed by atoms with Crippen molar-refractivity contribution >= 4 is 22.9 Å². The van der Waals surface area contributed by atoms with Gasteiger partial charge in [0.05, 0.1) is 12.7 Å². The van der Waals surface area contributed by atoms with Crippen LogP contribution in [0.4, 0.5) is 0 Å². The minimum Gasteiger partial charge on any atom is -0.415 e. The Kier molecular flexibility index (Phi) is 5.45. The summed E-state index contributed by atoms with van der Waals surface area (Å²) in [4.78, 5) is 39.5. The highest BCUT2D eigenvalue weighted by molar-refractivity contribution is 6.78. The van der Waals surface area contributed by atoms with Crippen molar-refractivity contribution < 1.29 is 22.5 Å². The lowest BCUT2D eigenvalue weighted by Crippen LogP contribution is -2.55. The van der Waals surface area contributed by atoms with Gasteiger partial charge in [0.15, 0.2) is 5.78 Å². The Morgan fingerprint density at radius 2 is 1.89 bits per heavy atom. The van der Waals surface area contributed by atoms with Crippen LogP contribution in [-0.4, -0.2) is 51.3 Å². The molecule has 3 atom stereocenters. The Morgan fingerprint density at radius 1 is 1.21 bits per heavy atom. The SMILES string of the molecule is CC(C)C(=O)[C@]1(n2ccc(=O)[nH]c2=O)C[C@@H]2O[Si](C)(C)O[Si](C)(C)OC[C@H]2O1. The Hall–Kier alpha value is -1.38. The largest absolute Gasteiger partial charge is 0.415 e. The van der Waals surface area contributed by atoms with Crippen molar-refractivity contribution in [2.45, 2.75) is 64.4 Å². The van der Waals surface area contributed by atoms with Crippen LogP contribution >= 0.6 is 0 Å². The number of ketones is 1. The second kappa shape index (κ2) is 7.15. The van der Waals surface area contributed by atoms with Crippen LogP contribution in [0.25, 0.3) is 0 Å². The summed E-state index contributed by atoms with van der Waals surface area (Å²) >= 11 is 0. The number of rotatable bonds is 3. The van der Waals surface area contributed by atoms with Gasteiger partial charge in [-0.05, 0) is 26.2 Å². The summed E-state index contributed by atoms with van der Waals surface area (Å²) in [6.45, 7) is 11.5. The monoisotopic (exact) mass is 428 g/mol. The van der Waals surface area contributed by atoms with Crippen molar-refractivity contribution in [2.75, 3.05) is 6.61 Å². The third kappa shape index (κ3) is 4.00. The Bertz CT molecular complexity index is 879. The van der Waals surface area contributed by atoms with E-state index in [1.165, 1.54) is 16.8 Å². The fourth-order valence-corrected chi connectivity index (χ4v) is 10.6. The molecular formula is C17H28N2O7Si2. The number of carbonyl (C=O) groups excluding carboxylic acids is 1. The van der Waals surface area contributed by atoms with Gasteiger partial charge in [-0.2, -0.15) is 0 Å². The van der Waals surface area contributed by atoms with Crippen molar-refractivity contribution in [3.63, 3.8) is 0 Å². The van der Waals surface area contributed by atoms with Crippen LogP contribution in [0, 0.1) is 5.92 Å². The highest BCUT2D eigenvalue weighted by Gasteiger charge is 2.57. The average molecular weight is 429 g/mol. The molecule has 0 radical (unpaired) electrons. The van der Waals surface area contributed by atoms with Crippen LogP contribution in [0.2, 0.25) is 26.2 Å². The van der Waals surface area contributed by atoms with Gasteiger partial charge in [0.1, 0.15) is 6.10 Å². The number of Topliss-reactive ketones (excluding diaryl/α,β-unsaturated/α-hetero) is 1. The van der Waals surface area contributed by atoms with E-state index in [9.17, 15) is 14.4 Å². The van der Waals surface area contributed by atoms with Crippen molar-refractivity contribution in [3.8, 4) is 0 Å². The molecule has 2 fully saturated rings. The molecule has 28 heavy (non-hydrogen) atoms. The highest BCUT2D eigenvalue weighted by atomic mass is 28.5. The quantitative estimate of drug-likeness (QED) is 0.717. The standard InChI is InChI=1S/C17H28N2O7Si2/c1-11(2)15(21)17(19-8-7-14(20)18-16(19)22)9-12-13(24-17)10-23-27(3,4)26-28(5,6)25-12/h7-8,11-13H,9-10H2,1-6H3,(H,18,20,22)/t12-,13+,17-/m0/s1. The summed E-state index contributed by atoms with van der Waals surface area (Å²) in [7, 11) is -4.95. The third-order valence-electron chi connectivity index (χ3n) is 4.88. The van der Waals surface area contributed by atoms with E-state index >= 15 is 0 Å². The van der Waals surface area contributed by atoms with Gasteiger partial charge in [-0.3, -0.25) is 19.1 Å². The molecule has 3 rings (SSSR count). The zero-order valence-corrected chi connectivity index (χ0v) is 19.1. The number of aromatic amines is 1. The molecule has 0 bridgehead atoms. The zero-order valence-electron chi connectivity index (χ0n) is 17.1. The molecule has 0 saturated carbocycles. The maximum atomic E-state index is 13.2. The second-order valence-electron chi connectivity index (χ2n) is 8.51. The molecule has 0 aromatic carbocycles. The van der Waals surface area contributed by atoms with Crippen molar-refractivity contribution in [3.05, 3.63) is 33.1 Å². The molecule has 0 spiro atoms. The molecule has 1 aromatic heterocycles. The van der Waals surface area contributed by atoms with Crippen LogP contribution < -0.4 is 11.2 Å². The molecule has 0 amide bonds. The van der Waals surface area contributed by atoms with Crippen LogP contribution in [-0.2, 0) is 28.2 Å². The van der Waals surface area contributed by atoms with E-state index < -0.39 is 52.2 Å². The second-order valence-corrected chi connectivity index (χ2v) is 15.5. The van der Waals surface area contributed by atoms with Crippen LogP contribution in [0.15, 0.2) is 21.9 Å². The predicted molar refractivity (Wildman–Crippen MR) is 106 cm³/mol. The molecular weight excluding hydrogens is 400 g/mol. The summed E-state index contributed by atoms with van der Waals surface area (Å²) in [6.07, 6.45) is 0.461. The lowest BCUT2D eigenvalue weighted by atomic mass is 9.94. The number of carbonyl (C=O) groups is 1. The molecule has 2 saturated heterocycles. The molecule has 156 valence electrons. The van der Waals surface area contributed by atoms with E-state index in [1.54, 1.807) is 13.8 Å². The van der Waals surface area contributed by atoms with Gasteiger partial charge < -0.3 is 17.7 Å². The number of ether oxygens (including phenoxy) is 1. The minimum atomic E-state index is -2.54. The van der Waals surface area contributed by atoms with Crippen molar-refractivity contribution in [1.82, 2.24) is 9.55 Å². The molecule has 0 unspecified atom stereocenters. The topological polar surface area (TPSA) is 109 Å². The number of nitrogens with zero attached hydrogens (tertiary/aromatic N) is 1. The minimum absolute atomic E-state index is 0.145. The molecule has 1 aromatic rings. The first-order valence-electron chi connectivity index (χ1n) is 9.42. The lowest BCUT2D eigenvalue weighted by Gasteiger charge is -2.38. The van der Waals surface area contributed by atoms with E-state index in [2.05, 4.69) is 4.98 Å². The van der Waals surface area contributed by atoms with Gasteiger partial charge in [-0.15, -0.1) is 0 Å². The first-order chi connectivity index (χ1) is 12.9. The lowest BCUT2D eigenvalue weighted by molar-refractivity contribution is -0.165. The number of H-pyrrole nitrogens is 1. The van der Waals surface area contributed by atoms with Crippen LogP contribution in [0.5, 0.6) is 0 Å². The molecule has 3 heterocycles. The van der Waals surface area contributed by atoms with Crippen molar-refractivity contribution in [2.24, 2.45) is 5.92 Å². The normalized spacial score (nSPS) is 31.8. The maximum absolute atomic E-state index is 13.2. The summed E-state index contributed by atoms with van der Waals surface area (Å²) in [6, 6.07) is 1.20. The maximum Gasteiger partial charge on any atom is 0.331 e. The molecule has 0 aliphatic carbocycles. The fraction of sp³-hybridized carbons (Fsp3) is 0.706. The number of fused-ring (bicyclic) bond motifs is 1. The first kappa shape index (κ1) is 21.3. The Balaban J connectivity index is 2.07. The smallest absolute Gasteiger partial charge is 0.331 e. The van der Waals surface area contributed by atoms with Gasteiger partial charge >= 0.3 is 22.8 Å². The number of hydrogen-bond acceptors (Lipinski definition) is 7. The van der Waals surface area contributed by atoms with E-state index in [-0.39, 0.29) is 18.8 Å². The molecule has 1 N–H and O–H groups in total. The molecule has 2 aliphatic heterocycles. The predicted octanol–water partition coefficient (Wildman–Crippen LogP) is 1.04. The third-order valence-corrected chi connectivity index (χ3v) is 10.5. The highest BCUT2D eigenvalue weighted by Crippen LogP contribution is 2.41. The molecule has 2 aliphatic rings. The fourth-order valence-electron chi connectivity index (χ4n) is 3.92. The van der Waals surface area contributed by atoms with Gasteiger partial charge in [0, 0.05) is 24.6 Å². The Labute approximate surface area is 165 Å². The summed E-state index contributed by atoms with van der Waals surface area (Å²) in [5.74, 6) is -0.648. The van der Waals surface area contributed by atoms with E-state index in [4.69, 9.17) is 17.7 Å². The number of nitrogens with one attached hydrogen (secondary N) is 1. The van der Waals surface area contributed by atoms with Crippen LogP contribution in [0.1, 0.15) is 20.3 Å². The van der Waals surface area contributed by atoms with Gasteiger partial charge in [0.2, 0.25) is 5.72 Å². The number of hydrogen-bond donors (Lipinski definition) is 1. The molecule has 11 heteroatoms. The Morgan fingerprint density at radius 3 is 2.50 bits per heavy atom. The van der Waals surface area contributed by atoms with Gasteiger partial charge in [-0.25, -0.2) is 4.79 Å². The van der Waals surface area contributed by atoms with E-state index in [0.717, 1.165) is 0 Å². The van der Waals surface area contributed by atoms with Crippen LogP contribution in [0.3, 0.4) is 0 Å². The summed E-state index contributed by atoms with van der Waals surface area (Å²) in [5, 5.41) is 0. The first-order valence-corrected chi connectivity index (χ1v) is 15.1. The summed E-state index contributed by atoms with van der Waals surface area (Å²) in [5.41, 5.74) is -2.79. The molecule has 9 nitrogen and oxygen atoms in total. The zero-order chi connectivity index (χ0) is 20.9. The van der Waals surface area contributed by atoms with Gasteiger partial charge in [0.25, 0.3) is 5.56 Å².